The molecule has 6 nitrogen and oxygen atoms in total. The van der Waals surface area contributed by atoms with Crippen LogP contribution >= 0.6 is 35.3 Å². The summed E-state index contributed by atoms with van der Waals surface area (Å²) in [5, 5.41) is 7.76. The van der Waals surface area contributed by atoms with Crippen molar-refractivity contribution >= 4 is 41.3 Å². The van der Waals surface area contributed by atoms with Crippen LogP contribution in [0.5, 0.6) is 0 Å². The van der Waals surface area contributed by atoms with Crippen molar-refractivity contribution < 1.29 is 9.47 Å². The Morgan fingerprint density at radius 1 is 1.08 bits per heavy atom. The van der Waals surface area contributed by atoms with Crippen molar-refractivity contribution in [2.24, 2.45) is 4.99 Å². The monoisotopic (exact) mass is 498 g/mol. The molecule has 0 saturated carbocycles. The van der Waals surface area contributed by atoms with Gasteiger partial charge in [-0.25, -0.2) is 4.98 Å². The molecule has 1 rings (SSSR count). The number of unbranched alkanes of at least 4 members (excludes halogenated alkanes) is 1. The number of hydrogen-bond donors (Lipinski definition) is 2. The Bertz CT molecular complexity index is 498. The maximum absolute atomic E-state index is 5.54. The zero-order valence-electron chi connectivity index (χ0n) is 16.6. The average Bonchev–Trinajstić information content (AvgIpc) is 2.90. The molecule has 0 aliphatic rings. The second kappa shape index (κ2) is 16.7. The molecule has 0 amide bonds. The second-order valence-corrected chi connectivity index (χ2v) is 7.04. The molecule has 1 aromatic rings. The van der Waals surface area contributed by atoms with Gasteiger partial charge in [0.25, 0.3) is 0 Å². The van der Waals surface area contributed by atoms with E-state index in [0.29, 0.717) is 26.4 Å². The number of aliphatic imine (C=N–C) groups is 1. The molecule has 0 spiro atoms. The predicted molar refractivity (Wildman–Crippen MR) is 121 cm³/mol. The molecule has 8 heteroatoms. The summed E-state index contributed by atoms with van der Waals surface area (Å²) in [6.45, 7) is 13.4. The maximum Gasteiger partial charge on any atom is 0.191 e. The number of rotatable bonds is 13. The van der Waals surface area contributed by atoms with Gasteiger partial charge in [-0.05, 0) is 27.2 Å². The average molecular weight is 498 g/mol. The smallest absolute Gasteiger partial charge is 0.191 e. The van der Waals surface area contributed by atoms with Crippen LogP contribution in [-0.4, -0.2) is 57.0 Å². The lowest BCUT2D eigenvalue weighted by atomic mass is 10.3. The van der Waals surface area contributed by atoms with Crippen molar-refractivity contribution in [1.82, 2.24) is 15.6 Å². The molecule has 0 bridgehead atoms. The van der Waals surface area contributed by atoms with E-state index in [1.54, 1.807) is 11.3 Å². The Balaban J connectivity index is 0.00000625. The van der Waals surface area contributed by atoms with Gasteiger partial charge in [-0.1, -0.05) is 13.3 Å². The van der Waals surface area contributed by atoms with Gasteiger partial charge < -0.3 is 20.1 Å². The standard InChI is InChI=1S/C18H34N4O2S.HI/c1-5-7-11-23-13-14-24-12-10-21-18(19-6-2)20-9-8-17-15(3)22-16(4)25-17;/h5-14H2,1-4H3,(H2,19,20,21);1H. The van der Waals surface area contributed by atoms with E-state index >= 15 is 0 Å². The molecular formula is C18H35IN4O2S. The van der Waals surface area contributed by atoms with Crippen molar-refractivity contribution in [3.05, 3.63) is 15.6 Å². The second-order valence-electron chi connectivity index (χ2n) is 5.76. The molecule has 2 N–H and O–H groups in total. The van der Waals surface area contributed by atoms with Crippen LogP contribution in [0.4, 0.5) is 0 Å². The summed E-state index contributed by atoms with van der Waals surface area (Å²) in [5.41, 5.74) is 1.14. The third-order valence-electron chi connectivity index (χ3n) is 3.51. The lowest BCUT2D eigenvalue weighted by Crippen LogP contribution is -2.38. The fourth-order valence-electron chi connectivity index (χ4n) is 2.23. The lowest BCUT2D eigenvalue weighted by molar-refractivity contribution is 0.0497. The minimum Gasteiger partial charge on any atom is -0.379 e. The highest BCUT2D eigenvalue weighted by molar-refractivity contribution is 14.0. The van der Waals surface area contributed by atoms with Crippen LogP contribution in [0.15, 0.2) is 4.99 Å². The van der Waals surface area contributed by atoms with Crippen LogP contribution in [0.1, 0.15) is 42.3 Å². The first kappa shape index (κ1) is 25.6. The quantitative estimate of drug-likeness (QED) is 0.189. The number of hydrogen-bond acceptors (Lipinski definition) is 5. The molecule has 0 fully saturated rings. The van der Waals surface area contributed by atoms with Gasteiger partial charge >= 0.3 is 0 Å². The van der Waals surface area contributed by atoms with E-state index in [-0.39, 0.29) is 24.0 Å². The molecule has 1 aromatic heterocycles. The first-order valence-electron chi connectivity index (χ1n) is 9.27. The lowest BCUT2D eigenvalue weighted by Gasteiger charge is -2.11. The number of guanidine groups is 1. The zero-order valence-corrected chi connectivity index (χ0v) is 19.7. The molecule has 0 radical (unpaired) electrons. The zero-order chi connectivity index (χ0) is 18.3. The molecule has 0 aromatic carbocycles. The minimum absolute atomic E-state index is 0. The highest BCUT2D eigenvalue weighted by Crippen LogP contribution is 2.16. The summed E-state index contributed by atoms with van der Waals surface area (Å²) >= 11 is 1.77. The summed E-state index contributed by atoms with van der Waals surface area (Å²) < 4.78 is 11.0. The topological polar surface area (TPSA) is 67.8 Å². The van der Waals surface area contributed by atoms with Crippen LogP contribution in [-0.2, 0) is 15.9 Å². The molecule has 152 valence electrons. The van der Waals surface area contributed by atoms with Crippen LogP contribution in [0.2, 0.25) is 0 Å². The van der Waals surface area contributed by atoms with E-state index < -0.39 is 0 Å². The van der Waals surface area contributed by atoms with Gasteiger partial charge in [0.15, 0.2) is 5.96 Å². The van der Waals surface area contributed by atoms with Crippen LogP contribution < -0.4 is 10.6 Å². The first-order valence-corrected chi connectivity index (χ1v) is 10.1. The highest BCUT2D eigenvalue weighted by Gasteiger charge is 2.05. The summed E-state index contributed by atoms with van der Waals surface area (Å²) in [5.74, 6) is 0.837. The number of nitrogens with zero attached hydrogens (tertiary/aromatic N) is 2. The Hall–Kier alpha value is -0.450. The van der Waals surface area contributed by atoms with Gasteiger partial charge in [0.05, 0.1) is 37.1 Å². The molecule has 1 heterocycles. The van der Waals surface area contributed by atoms with Crippen LogP contribution in [0, 0.1) is 13.8 Å². The van der Waals surface area contributed by atoms with Gasteiger partial charge in [0, 0.05) is 31.0 Å². The Labute approximate surface area is 179 Å². The summed E-state index contributed by atoms with van der Waals surface area (Å²) in [4.78, 5) is 10.3. The number of ether oxygens (including phenoxy) is 2. The van der Waals surface area contributed by atoms with Gasteiger partial charge in [0.1, 0.15) is 0 Å². The van der Waals surface area contributed by atoms with E-state index in [0.717, 1.165) is 55.6 Å². The molecular weight excluding hydrogens is 463 g/mol. The molecule has 0 unspecified atom stereocenters. The highest BCUT2D eigenvalue weighted by atomic mass is 127. The molecule has 0 aliphatic heterocycles. The number of aryl methyl sites for hydroxylation is 2. The number of nitrogens with one attached hydrogen (secondary N) is 2. The van der Waals surface area contributed by atoms with Crippen LogP contribution in [0.25, 0.3) is 0 Å². The maximum atomic E-state index is 5.54. The fraction of sp³-hybridized carbons (Fsp3) is 0.778. The Kier molecular flexibility index (Phi) is 16.4. The molecule has 26 heavy (non-hydrogen) atoms. The van der Waals surface area contributed by atoms with Crippen molar-refractivity contribution in [2.45, 2.75) is 47.0 Å². The Morgan fingerprint density at radius 2 is 1.81 bits per heavy atom. The SMILES string of the molecule is CCCCOCCOCCN=C(NCC)NCCc1sc(C)nc1C.I. The normalized spacial score (nSPS) is 11.3. The Morgan fingerprint density at radius 3 is 2.42 bits per heavy atom. The largest absolute Gasteiger partial charge is 0.379 e. The minimum atomic E-state index is 0. The van der Waals surface area contributed by atoms with E-state index in [9.17, 15) is 0 Å². The predicted octanol–water partition coefficient (Wildman–Crippen LogP) is 3.31. The number of aromatic nitrogens is 1. The van der Waals surface area contributed by atoms with Gasteiger partial charge in [-0.2, -0.15) is 0 Å². The fourth-order valence-corrected chi connectivity index (χ4v) is 3.17. The van der Waals surface area contributed by atoms with Gasteiger partial charge in [0.2, 0.25) is 0 Å². The number of thiazole rings is 1. The van der Waals surface area contributed by atoms with Crippen molar-refractivity contribution in [2.75, 3.05) is 46.1 Å². The third-order valence-corrected chi connectivity index (χ3v) is 4.64. The van der Waals surface area contributed by atoms with Gasteiger partial charge in [-0.3, -0.25) is 4.99 Å². The molecule has 0 atom stereocenters. The van der Waals surface area contributed by atoms with Crippen molar-refractivity contribution in [3.63, 3.8) is 0 Å². The number of halogens is 1. The molecule has 0 saturated heterocycles. The van der Waals surface area contributed by atoms with Crippen LogP contribution in [0.3, 0.4) is 0 Å². The summed E-state index contributed by atoms with van der Waals surface area (Å²) in [7, 11) is 0. The third kappa shape index (κ3) is 12.0. The summed E-state index contributed by atoms with van der Waals surface area (Å²) in [6, 6.07) is 0. The van der Waals surface area contributed by atoms with E-state index in [1.165, 1.54) is 4.88 Å². The van der Waals surface area contributed by atoms with Crippen molar-refractivity contribution in [1.29, 1.82) is 0 Å². The van der Waals surface area contributed by atoms with E-state index in [1.807, 2.05) is 0 Å². The summed E-state index contributed by atoms with van der Waals surface area (Å²) in [6.07, 6.45) is 3.24. The van der Waals surface area contributed by atoms with E-state index in [2.05, 4.69) is 48.3 Å². The van der Waals surface area contributed by atoms with Gasteiger partial charge in [-0.15, -0.1) is 35.3 Å². The molecule has 0 aliphatic carbocycles. The van der Waals surface area contributed by atoms with Crippen molar-refractivity contribution in [3.8, 4) is 0 Å². The van der Waals surface area contributed by atoms with E-state index in [4.69, 9.17) is 9.47 Å². The first-order chi connectivity index (χ1) is 12.2.